The van der Waals surface area contributed by atoms with E-state index in [1.807, 2.05) is 6.07 Å². The van der Waals surface area contributed by atoms with E-state index in [-0.39, 0.29) is 16.6 Å². The SMILES string of the molecule is CNS(=O)(=O)c1ccc(NC(C)Cc2cccs2)cc1N. The maximum atomic E-state index is 11.8. The summed E-state index contributed by atoms with van der Waals surface area (Å²) < 4.78 is 25.8. The average molecular weight is 325 g/mol. The van der Waals surface area contributed by atoms with Gasteiger partial charge >= 0.3 is 0 Å². The first-order valence-corrected chi connectivity index (χ1v) is 8.90. The van der Waals surface area contributed by atoms with Gasteiger partial charge in [-0.15, -0.1) is 11.3 Å². The van der Waals surface area contributed by atoms with Crippen molar-refractivity contribution in [3.05, 3.63) is 40.6 Å². The van der Waals surface area contributed by atoms with Gasteiger partial charge < -0.3 is 11.1 Å². The van der Waals surface area contributed by atoms with Gasteiger partial charge in [-0.1, -0.05) is 6.07 Å². The third-order valence-corrected chi connectivity index (χ3v) is 5.46. The van der Waals surface area contributed by atoms with E-state index in [4.69, 9.17) is 5.73 Å². The van der Waals surface area contributed by atoms with E-state index in [0.29, 0.717) is 0 Å². The third kappa shape index (κ3) is 3.96. The molecule has 0 saturated carbocycles. The Hall–Kier alpha value is -1.57. The van der Waals surface area contributed by atoms with Crippen LogP contribution in [0.2, 0.25) is 0 Å². The molecular weight excluding hydrogens is 306 g/mol. The standard InChI is InChI=1S/C14H19N3O2S2/c1-10(8-12-4-3-7-20-12)17-11-5-6-14(13(15)9-11)21(18,19)16-2/h3-7,9-10,16-17H,8,15H2,1-2H3. The number of sulfonamides is 1. The number of hydrogen-bond acceptors (Lipinski definition) is 5. The van der Waals surface area contributed by atoms with E-state index in [0.717, 1.165) is 12.1 Å². The second-order valence-corrected chi connectivity index (χ2v) is 7.68. The molecule has 1 aromatic carbocycles. The zero-order chi connectivity index (χ0) is 15.5. The summed E-state index contributed by atoms with van der Waals surface area (Å²) >= 11 is 1.72. The van der Waals surface area contributed by atoms with Crippen LogP contribution in [-0.4, -0.2) is 21.5 Å². The Labute approximate surface area is 129 Å². The molecule has 0 spiro atoms. The molecule has 0 bridgehead atoms. The Balaban J connectivity index is 2.10. The topological polar surface area (TPSA) is 84.2 Å². The van der Waals surface area contributed by atoms with Crippen molar-refractivity contribution < 1.29 is 8.42 Å². The minimum absolute atomic E-state index is 0.0986. The summed E-state index contributed by atoms with van der Waals surface area (Å²) in [6.45, 7) is 2.08. The van der Waals surface area contributed by atoms with Gasteiger partial charge in [0.05, 0.1) is 5.69 Å². The summed E-state index contributed by atoms with van der Waals surface area (Å²) in [6, 6.07) is 9.25. The van der Waals surface area contributed by atoms with Crippen molar-refractivity contribution in [1.29, 1.82) is 0 Å². The quantitative estimate of drug-likeness (QED) is 0.711. The molecule has 2 rings (SSSR count). The minimum Gasteiger partial charge on any atom is -0.398 e. The fourth-order valence-electron chi connectivity index (χ4n) is 2.06. The number of nitrogen functional groups attached to an aromatic ring is 1. The van der Waals surface area contributed by atoms with Crippen LogP contribution in [0.5, 0.6) is 0 Å². The molecular formula is C14H19N3O2S2. The van der Waals surface area contributed by atoms with Gasteiger partial charge in [0.25, 0.3) is 0 Å². The number of thiophene rings is 1. The average Bonchev–Trinajstić information content (AvgIpc) is 2.91. The second-order valence-electron chi connectivity index (χ2n) is 4.79. The molecule has 7 heteroatoms. The van der Waals surface area contributed by atoms with Gasteiger partial charge in [0.1, 0.15) is 4.90 Å². The first-order valence-electron chi connectivity index (χ1n) is 6.54. The number of benzene rings is 1. The molecule has 0 aliphatic heterocycles. The molecule has 0 aliphatic rings. The fourth-order valence-corrected chi connectivity index (χ4v) is 3.73. The monoisotopic (exact) mass is 325 g/mol. The zero-order valence-corrected chi connectivity index (χ0v) is 13.6. The summed E-state index contributed by atoms with van der Waals surface area (Å²) in [6.07, 6.45) is 0.911. The summed E-state index contributed by atoms with van der Waals surface area (Å²) in [5.74, 6) is 0. The first kappa shape index (κ1) is 15.8. The second kappa shape index (κ2) is 6.46. The molecule has 4 N–H and O–H groups in total. The molecule has 0 aliphatic carbocycles. The minimum atomic E-state index is -3.52. The number of anilines is 2. The number of hydrogen-bond donors (Lipinski definition) is 3. The molecule has 0 amide bonds. The van der Waals surface area contributed by atoms with Crippen molar-refractivity contribution in [2.45, 2.75) is 24.3 Å². The molecule has 0 fully saturated rings. The van der Waals surface area contributed by atoms with Crippen molar-refractivity contribution in [1.82, 2.24) is 4.72 Å². The van der Waals surface area contributed by atoms with Gasteiger partial charge in [-0.3, -0.25) is 0 Å². The predicted octanol–water partition coefficient (Wildman–Crippen LogP) is 2.28. The van der Waals surface area contributed by atoms with Crippen molar-refractivity contribution in [2.75, 3.05) is 18.1 Å². The third-order valence-electron chi connectivity index (χ3n) is 3.07. The maximum Gasteiger partial charge on any atom is 0.242 e. The largest absolute Gasteiger partial charge is 0.398 e. The van der Waals surface area contributed by atoms with Crippen LogP contribution >= 0.6 is 11.3 Å². The van der Waals surface area contributed by atoms with Crippen LogP contribution in [0, 0.1) is 0 Å². The Morgan fingerprint density at radius 1 is 1.33 bits per heavy atom. The van der Waals surface area contributed by atoms with Gasteiger partial charge in [0, 0.05) is 23.0 Å². The van der Waals surface area contributed by atoms with Gasteiger partial charge in [0.15, 0.2) is 0 Å². The highest BCUT2D eigenvalue weighted by atomic mass is 32.2. The maximum absolute atomic E-state index is 11.8. The first-order chi connectivity index (χ1) is 9.92. The van der Waals surface area contributed by atoms with Gasteiger partial charge in [-0.25, -0.2) is 13.1 Å². The Kier molecular flexibility index (Phi) is 4.87. The lowest BCUT2D eigenvalue weighted by Gasteiger charge is -2.16. The zero-order valence-electron chi connectivity index (χ0n) is 12.0. The van der Waals surface area contributed by atoms with Crippen molar-refractivity contribution >= 4 is 32.7 Å². The summed E-state index contributed by atoms with van der Waals surface area (Å²) in [7, 11) is -2.15. The van der Waals surface area contributed by atoms with Crippen molar-refractivity contribution in [3.8, 4) is 0 Å². The van der Waals surface area contributed by atoms with Gasteiger partial charge in [-0.05, 0) is 43.6 Å². The summed E-state index contributed by atoms with van der Waals surface area (Å²) in [4.78, 5) is 1.40. The Bertz CT molecular complexity index is 697. The van der Waals surface area contributed by atoms with E-state index >= 15 is 0 Å². The molecule has 2 aromatic rings. The molecule has 5 nitrogen and oxygen atoms in total. The highest BCUT2D eigenvalue weighted by molar-refractivity contribution is 7.89. The van der Waals surface area contributed by atoms with E-state index < -0.39 is 10.0 Å². The lowest BCUT2D eigenvalue weighted by Crippen LogP contribution is -2.21. The smallest absolute Gasteiger partial charge is 0.242 e. The summed E-state index contributed by atoms with van der Waals surface area (Å²) in [5.41, 5.74) is 6.88. The highest BCUT2D eigenvalue weighted by Crippen LogP contribution is 2.23. The lowest BCUT2D eigenvalue weighted by atomic mass is 10.2. The van der Waals surface area contributed by atoms with Crippen molar-refractivity contribution in [3.63, 3.8) is 0 Å². The lowest BCUT2D eigenvalue weighted by molar-refractivity contribution is 0.588. The molecule has 21 heavy (non-hydrogen) atoms. The molecule has 1 aromatic heterocycles. The van der Waals surface area contributed by atoms with E-state index in [2.05, 4.69) is 28.4 Å². The van der Waals surface area contributed by atoms with Crippen LogP contribution in [0.25, 0.3) is 0 Å². The molecule has 1 heterocycles. The highest BCUT2D eigenvalue weighted by Gasteiger charge is 2.15. The molecule has 1 atom stereocenters. The van der Waals surface area contributed by atoms with Gasteiger partial charge in [-0.2, -0.15) is 0 Å². The van der Waals surface area contributed by atoms with Crippen LogP contribution in [0.4, 0.5) is 11.4 Å². The predicted molar refractivity (Wildman–Crippen MR) is 88.2 cm³/mol. The Morgan fingerprint density at radius 2 is 2.10 bits per heavy atom. The fraction of sp³-hybridized carbons (Fsp3) is 0.286. The molecule has 0 radical (unpaired) electrons. The van der Waals surface area contributed by atoms with E-state index in [1.165, 1.54) is 18.0 Å². The number of nitrogens with two attached hydrogens (primary N) is 1. The van der Waals surface area contributed by atoms with Gasteiger partial charge in [0.2, 0.25) is 10.0 Å². The van der Waals surface area contributed by atoms with E-state index in [9.17, 15) is 8.42 Å². The van der Waals surface area contributed by atoms with Crippen molar-refractivity contribution in [2.24, 2.45) is 0 Å². The van der Waals surface area contributed by atoms with E-state index in [1.54, 1.807) is 23.5 Å². The van der Waals surface area contributed by atoms with Crippen LogP contribution in [0.3, 0.4) is 0 Å². The Morgan fingerprint density at radius 3 is 2.67 bits per heavy atom. The van der Waals surface area contributed by atoms with Crippen LogP contribution < -0.4 is 15.8 Å². The van der Waals surface area contributed by atoms with Crippen LogP contribution in [-0.2, 0) is 16.4 Å². The normalized spacial score (nSPS) is 13.0. The number of rotatable bonds is 6. The molecule has 0 saturated heterocycles. The molecule has 1 unspecified atom stereocenters. The molecule has 114 valence electrons. The summed E-state index contributed by atoms with van der Waals surface area (Å²) in [5, 5.41) is 5.38. The number of nitrogens with one attached hydrogen (secondary N) is 2. The van der Waals surface area contributed by atoms with Crippen LogP contribution in [0.1, 0.15) is 11.8 Å². The van der Waals surface area contributed by atoms with Crippen LogP contribution in [0.15, 0.2) is 40.6 Å².